The molecule has 2 nitrogen and oxygen atoms in total. The van der Waals surface area contributed by atoms with E-state index in [0.717, 1.165) is 19.1 Å². The Morgan fingerprint density at radius 1 is 1.45 bits per heavy atom. The molecule has 1 saturated heterocycles. The quantitative estimate of drug-likeness (QED) is 0.666. The fourth-order valence-corrected chi connectivity index (χ4v) is 1.14. The lowest BCUT2D eigenvalue weighted by Gasteiger charge is -2.30. The fourth-order valence-electron chi connectivity index (χ4n) is 1.14. The molecular weight excluding hydrogens is 138 g/mol. The van der Waals surface area contributed by atoms with Crippen molar-refractivity contribution in [3.8, 4) is 0 Å². The summed E-state index contributed by atoms with van der Waals surface area (Å²) in [6.45, 7) is 6.46. The molecule has 1 rings (SSSR count). The maximum Gasteiger partial charge on any atom is 0.0516 e. The Balaban J connectivity index is 2.09. The molecule has 1 aliphatic rings. The first-order valence-corrected chi connectivity index (χ1v) is 4.41. The van der Waals surface area contributed by atoms with Gasteiger partial charge >= 0.3 is 0 Å². The first-order chi connectivity index (χ1) is 5.14. The van der Waals surface area contributed by atoms with Crippen LogP contribution in [0.25, 0.3) is 0 Å². The van der Waals surface area contributed by atoms with Crippen LogP contribution in [0.4, 0.5) is 0 Å². The van der Waals surface area contributed by atoms with Crippen LogP contribution in [0.3, 0.4) is 0 Å². The molecule has 0 atom stereocenters. The Bertz CT molecular complexity index is 119. The van der Waals surface area contributed by atoms with Gasteiger partial charge in [0.25, 0.3) is 0 Å². The number of hydrogen-bond donors (Lipinski definition) is 1. The van der Waals surface area contributed by atoms with Crippen molar-refractivity contribution in [1.82, 2.24) is 5.32 Å². The molecule has 1 fully saturated rings. The molecule has 0 aromatic rings. The molecule has 66 valence electrons. The number of rotatable bonds is 4. The molecule has 1 N–H and O–H groups in total. The summed E-state index contributed by atoms with van der Waals surface area (Å²) in [4.78, 5) is 0. The number of nitrogens with one attached hydrogen (secondary N) is 1. The van der Waals surface area contributed by atoms with E-state index in [9.17, 15) is 0 Å². The van der Waals surface area contributed by atoms with Crippen LogP contribution in [-0.4, -0.2) is 25.8 Å². The monoisotopic (exact) mass is 157 g/mol. The van der Waals surface area contributed by atoms with Crippen molar-refractivity contribution in [3.05, 3.63) is 0 Å². The molecule has 0 aliphatic carbocycles. The molecule has 0 bridgehead atoms. The van der Waals surface area contributed by atoms with E-state index < -0.39 is 0 Å². The van der Waals surface area contributed by atoms with Crippen LogP contribution in [0.1, 0.15) is 26.7 Å². The molecular formula is C9H19NO. The van der Waals surface area contributed by atoms with Crippen LogP contribution in [0, 0.1) is 5.92 Å². The van der Waals surface area contributed by atoms with Crippen molar-refractivity contribution in [3.63, 3.8) is 0 Å². The molecule has 0 amide bonds. The van der Waals surface area contributed by atoms with E-state index in [0.29, 0.717) is 5.54 Å². The Morgan fingerprint density at radius 3 is 2.45 bits per heavy atom. The van der Waals surface area contributed by atoms with Crippen LogP contribution < -0.4 is 5.32 Å². The predicted octanol–water partition coefficient (Wildman–Crippen LogP) is 1.41. The third-order valence-electron chi connectivity index (χ3n) is 2.56. The fraction of sp³-hybridized carbons (Fsp3) is 1.00. The smallest absolute Gasteiger partial charge is 0.0516 e. The van der Waals surface area contributed by atoms with E-state index in [1.807, 2.05) is 7.05 Å². The Morgan fingerprint density at radius 2 is 2.09 bits per heavy atom. The van der Waals surface area contributed by atoms with Gasteiger partial charge in [0, 0.05) is 11.5 Å². The summed E-state index contributed by atoms with van der Waals surface area (Å²) in [6.07, 6.45) is 2.55. The van der Waals surface area contributed by atoms with E-state index in [2.05, 4.69) is 19.2 Å². The van der Waals surface area contributed by atoms with Crippen LogP contribution in [-0.2, 0) is 4.74 Å². The van der Waals surface area contributed by atoms with Gasteiger partial charge in [-0.1, -0.05) is 0 Å². The molecule has 0 saturated carbocycles. The van der Waals surface area contributed by atoms with Gasteiger partial charge in [-0.25, -0.2) is 0 Å². The van der Waals surface area contributed by atoms with Gasteiger partial charge in [-0.15, -0.1) is 0 Å². The van der Waals surface area contributed by atoms with Crippen LogP contribution in [0.15, 0.2) is 0 Å². The highest BCUT2D eigenvalue weighted by Gasteiger charge is 2.22. The molecule has 0 aromatic carbocycles. The zero-order valence-electron chi connectivity index (χ0n) is 7.81. The second-order valence-electron chi connectivity index (χ2n) is 4.08. The summed E-state index contributed by atoms with van der Waals surface area (Å²) in [7, 11) is 2.03. The summed E-state index contributed by atoms with van der Waals surface area (Å²) in [5, 5.41) is 3.30. The number of hydrogen-bond acceptors (Lipinski definition) is 2. The second-order valence-corrected chi connectivity index (χ2v) is 4.08. The van der Waals surface area contributed by atoms with Crippen LogP contribution in [0.2, 0.25) is 0 Å². The summed E-state index contributed by atoms with van der Waals surface area (Å²) in [5.74, 6) is 0.836. The van der Waals surface area contributed by atoms with Crippen molar-refractivity contribution in [2.24, 2.45) is 5.92 Å². The molecule has 0 radical (unpaired) electrons. The standard InChI is InChI=1S/C9H19NO/c1-9(2,10-3)5-4-8-6-11-7-8/h8,10H,4-7H2,1-3H3. The first-order valence-electron chi connectivity index (χ1n) is 4.41. The molecule has 1 aliphatic heterocycles. The average molecular weight is 157 g/mol. The van der Waals surface area contributed by atoms with Gasteiger partial charge in [0.15, 0.2) is 0 Å². The van der Waals surface area contributed by atoms with Crippen molar-refractivity contribution >= 4 is 0 Å². The minimum absolute atomic E-state index is 0.301. The molecule has 0 unspecified atom stereocenters. The molecule has 0 spiro atoms. The Hall–Kier alpha value is -0.0800. The van der Waals surface area contributed by atoms with Gasteiger partial charge in [0.2, 0.25) is 0 Å². The van der Waals surface area contributed by atoms with Gasteiger partial charge in [-0.2, -0.15) is 0 Å². The molecule has 0 aromatic heterocycles. The highest BCUT2D eigenvalue weighted by atomic mass is 16.5. The lowest BCUT2D eigenvalue weighted by molar-refractivity contribution is -0.0384. The summed E-state index contributed by atoms with van der Waals surface area (Å²) >= 11 is 0. The van der Waals surface area contributed by atoms with Crippen LogP contribution in [0.5, 0.6) is 0 Å². The predicted molar refractivity (Wildman–Crippen MR) is 46.7 cm³/mol. The van der Waals surface area contributed by atoms with Gasteiger partial charge in [0.1, 0.15) is 0 Å². The Labute approximate surface area is 69.3 Å². The van der Waals surface area contributed by atoms with E-state index in [1.54, 1.807) is 0 Å². The second kappa shape index (κ2) is 3.55. The van der Waals surface area contributed by atoms with Gasteiger partial charge in [-0.05, 0) is 33.7 Å². The lowest BCUT2D eigenvalue weighted by atomic mass is 9.92. The minimum Gasteiger partial charge on any atom is -0.381 e. The molecule has 11 heavy (non-hydrogen) atoms. The van der Waals surface area contributed by atoms with E-state index >= 15 is 0 Å². The van der Waals surface area contributed by atoms with E-state index in [4.69, 9.17) is 4.74 Å². The van der Waals surface area contributed by atoms with Crippen molar-refractivity contribution in [1.29, 1.82) is 0 Å². The topological polar surface area (TPSA) is 21.3 Å². The average Bonchev–Trinajstić information content (AvgIpc) is 1.84. The van der Waals surface area contributed by atoms with Crippen molar-refractivity contribution in [2.75, 3.05) is 20.3 Å². The van der Waals surface area contributed by atoms with E-state index in [1.165, 1.54) is 12.8 Å². The van der Waals surface area contributed by atoms with Gasteiger partial charge < -0.3 is 10.1 Å². The third kappa shape index (κ3) is 2.80. The van der Waals surface area contributed by atoms with Crippen molar-refractivity contribution < 1.29 is 4.74 Å². The third-order valence-corrected chi connectivity index (χ3v) is 2.56. The maximum absolute atomic E-state index is 5.11. The van der Waals surface area contributed by atoms with Gasteiger partial charge in [0.05, 0.1) is 13.2 Å². The minimum atomic E-state index is 0.301. The zero-order chi connectivity index (χ0) is 8.32. The number of ether oxygens (including phenoxy) is 1. The normalized spacial score (nSPS) is 19.9. The highest BCUT2D eigenvalue weighted by Crippen LogP contribution is 2.21. The summed E-state index contributed by atoms with van der Waals surface area (Å²) in [5.41, 5.74) is 0.301. The van der Waals surface area contributed by atoms with Gasteiger partial charge in [-0.3, -0.25) is 0 Å². The first kappa shape index (κ1) is 9.01. The zero-order valence-corrected chi connectivity index (χ0v) is 7.81. The lowest BCUT2D eigenvalue weighted by Crippen LogP contribution is -2.38. The van der Waals surface area contributed by atoms with Crippen LogP contribution >= 0.6 is 0 Å². The maximum atomic E-state index is 5.11. The SMILES string of the molecule is CNC(C)(C)CCC1COC1. The largest absolute Gasteiger partial charge is 0.381 e. The highest BCUT2D eigenvalue weighted by molar-refractivity contribution is 4.78. The summed E-state index contributed by atoms with van der Waals surface area (Å²) in [6, 6.07) is 0. The molecule has 2 heteroatoms. The summed E-state index contributed by atoms with van der Waals surface area (Å²) < 4.78 is 5.11. The van der Waals surface area contributed by atoms with E-state index in [-0.39, 0.29) is 0 Å². The molecule has 1 heterocycles. The Kier molecular flexibility index (Phi) is 2.90. The van der Waals surface area contributed by atoms with Crippen molar-refractivity contribution in [2.45, 2.75) is 32.2 Å².